The zero-order chi connectivity index (χ0) is 9.19. The zero-order valence-electron chi connectivity index (χ0n) is 8.64. The predicted molar refractivity (Wildman–Crippen MR) is 52.0 cm³/mol. The third-order valence-corrected chi connectivity index (χ3v) is 3.10. The van der Waals surface area contributed by atoms with E-state index >= 15 is 0 Å². The minimum Gasteiger partial charge on any atom is -0.390 e. The van der Waals surface area contributed by atoms with Crippen LogP contribution in [0.5, 0.6) is 0 Å². The van der Waals surface area contributed by atoms with E-state index in [1.54, 1.807) is 0 Å². The smallest absolute Gasteiger partial charge is 0.0673 e. The van der Waals surface area contributed by atoms with E-state index in [0.717, 1.165) is 18.8 Å². The maximum Gasteiger partial charge on any atom is 0.0673 e. The van der Waals surface area contributed by atoms with E-state index in [1.807, 2.05) is 0 Å². The highest BCUT2D eigenvalue weighted by molar-refractivity contribution is 4.93. The SMILES string of the molecule is CCC(O)(CCC(C)C)C1CC1. The lowest BCUT2D eigenvalue weighted by molar-refractivity contribution is 0.000590. The van der Waals surface area contributed by atoms with Gasteiger partial charge in [0.15, 0.2) is 0 Å². The summed E-state index contributed by atoms with van der Waals surface area (Å²) >= 11 is 0. The van der Waals surface area contributed by atoms with E-state index in [-0.39, 0.29) is 5.60 Å². The van der Waals surface area contributed by atoms with Gasteiger partial charge in [-0.25, -0.2) is 0 Å². The molecule has 1 rings (SSSR count). The van der Waals surface area contributed by atoms with Crippen LogP contribution in [0.25, 0.3) is 0 Å². The number of aliphatic hydroxyl groups is 1. The molecule has 0 aromatic carbocycles. The normalized spacial score (nSPS) is 22.8. The largest absolute Gasteiger partial charge is 0.390 e. The van der Waals surface area contributed by atoms with Crippen molar-refractivity contribution in [3.8, 4) is 0 Å². The van der Waals surface area contributed by atoms with E-state index in [0.29, 0.717) is 5.92 Å². The van der Waals surface area contributed by atoms with Gasteiger partial charge < -0.3 is 5.11 Å². The van der Waals surface area contributed by atoms with Gasteiger partial charge in [0.1, 0.15) is 0 Å². The lowest BCUT2D eigenvalue weighted by Crippen LogP contribution is -2.30. The summed E-state index contributed by atoms with van der Waals surface area (Å²) in [5, 5.41) is 10.2. The second kappa shape index (κ2) is 3.78. The lowest BCUT2D eigenvalue weighted by Gasteiger charge is -2.27. The molecule has 1 heteroatoms. The molecule has 72 valence electrons. The van der Waals surface area contributed by atoms with Gasteiger partial charge >= 0.3 is 0 Å². The van der Waals surface area contributed by atoms with Gasteiger partial charge in [-0.05, 0) is 43.9 Å². The fourth-order valence-corrected chi connectivity index (χ4v) is 1.83. The van der Waals surface area contributed by atoms with E-state index in [4.69, 9.17) is 0 Å². The molecule has 1 atom stereocenters. The zero-order valence-corrected chi connectivity index (χ0v) is 8.64. The van der Waals surface area contributed by atoms with E-state index in [2.05, 4.69) is 20.8 Å². The van der Waals surface area contributed by atoms with Crippen LogP contribution in [0.1, 0.15) is 52.9 Å². The highest BCUT2D eigenvalue weighted by Crippen LogP contribution is 2.44. The van der Waals surface area contributed by atoms with Crippen molar-refractivity contribution in [2.24, 2.45) is 11.8 Å². The van der Waals surface area contributed by atoms with Crippen molar-refractivity contribution in [2.75, 3.05) is 0 Å². The van der Waals surface area contributed by atoms with Crippen molar-refractivity contribution < 1.29 is 5.11 Å². The van der Waals surface area contributed by atoms with Crippen molar-refractivity contribution in [1.82, 2.24) is 0 Å². The molecule has 0 radical (unpaired) electrons. The first-order chi connectivity index (χ1) is 5.58. The summed E-state index contributed by atoms with van der Waals surface area (Å²) in [4.78, 5) is 0. The average Bonchev–Trinajstić information content (AvgIpc) is 2.82. The average molecular weight is 170 g/mol. The van der Waals surface area contributed by atoms with Crippen LogP contribution in [0.2, 0.25) is 0 Å². The molecule has 1 saturated carbocycles. The Labute approximate surface area is 76.2 Å². The molecule has 12 heavy (non-hydrogen) atoms. The molecule has 0 saturated heterocycles. The lowest BCUT2D eigenvalue weighted by atomic mass is 9.87. The quantitative estimate of drug-likeness (QED) is 0.672. The third-order valence-electron chi connectivity index (χ3n) is 3.10. The van der Waals surface area contributed by atoms with Crippen LogP contribution in [0.3, 0.4) is 0 Å². The first kappa shape index (κ1) is 10.0. The molecule has 1 fully saturated rings. The van der Waals surface area contributed by atoms with Crippen LogP contribution in [-0.4, -0.2) is 10.7 Å². The summed E-state index contributed by atoms with van der Waals surface area (Å²) in [5.74, 6) is 1.35. The van der Waals surface area contributed by atoms with E-state index in [1.165, 1.54) is 19.3 Å². The van der Waals surface area contributed by atoms with Crippen molar-refractivity contribution >= 4 is 0 Å². The second-order valence-electron chi connectivity index (χ2n) is 4.66. The van der Waals surface area contributed by atoms with Gasteiger partial charge in [0, 0.05) is 0 Å². The predicted octanol–water partition coefficient (Wildman–Crippen LogP) is 2.97. The maximum atomic E-state index is 10.2. The first-order valence-electron chi connectivity index (χ1n) is 5.31. The van der Waals surface area contributed by atoms with Crippen LogP contribution in [0.15, 0.2) is 0 Å². The Morgan fingerprint density at radius 1 is 1.42 bits per heavy atom. The fourth-order valence-electron chi connectivity index (χ4n) is 1.83. The van der Waals surface area contributed by atoms with Gasteiger partial charge in [-0.3, -0.25) is 0 Å². The van der Waals surface area contributed by atoms with Crippen LogP contribution >= 0.6 is 0 Å². The molecule has 0 amide bonds. The Morgan fingerprint density at radius 3 is 2.33 bits per heavy atom. The Balaban J connectivity index is 2.33. The monoisotopic (exact) mass is 170 g/mol. The molecule has 0 aliphatic heterocycles. The van der Waals surface area contributed by atoms with Gasteiger partial charge in [-0.2, -0.15) is 0 Å². The molecule has 1 aliphatic rings. The van der Waals surface area contributed by atoms with Gasteiger partial charge in [-0.1, -0.05) is 20.8 Å². The number of hydrogen-bond acceptors (Lipinski definition) is 1. The van der Waals surface area contributed by atoms with Gasteiger partial charge in [-0.15, -0.1) is 0 Å². The maximum absolute atomic E-state index is 10.2. The van der Waals surface area contributed by atoms with Crippen molar-refractivity contribution in [3.05, 3.63) is 0 Å². The molecule has 1 aliphatic carbocycles. The summed E-state index contributed by atoms with van der Waals surface area (Å²) in [6.07, 6.45) is 5.61. The minimum atomic E-state index is -0.315. The minimum absolute atomic E-state index is 0.315. The standard InChI is InChI=1S/C11H22O/c1-4-11(12,10-5-6-10)8-7-9(2)3/h9-10,12H,4-8H2,1-3H3. The molecule has 1 unspecified atom stereocenters. The van der Waals surface area contributed by atoms with E-state index in [9.17, 15) is 5.11 Å². The highest BCUT2D eigenvalue weighted by atomic mass is 16.3. The van der Waals surface area contributed by atoms with Gasteiger partial charge in [0.2, 0.25) is 0 Å². The molecule has 0 heterocycles. The summed E-state index contributed by atoms with van der Waals surface area (Å²) in [6, 6.07) is 0. The Kier molecular flexibility index (Phi) is 3.16. The fraction of sp³-hybridized carbons (Fsp3) is 1.00. The summed E-state index contributed by atoms with van der Waals surface area (Å²) < 4.78 is 0. The third kappa shape index (κ3) is 2.48. The molecule has 0 bridgehead atoms. The Bertz CT molecular complexity index is 138. The Morgan fingerprint density at radius 2 is 2.00 bits per heavy atom. The van der Waals surface area contributed by atoms with Gasteiger partial charge in [0.05, 0.1) is 5.60 Å². The second-order valence-corrected chi connectivity index (χ2v) is 4.66. The van der Waals surface area contributed by atoms with Crippen LogP contribution < -0.4 is 0 Å². The summed E-state index contributed by atoms with van der Waals surface area (Å²) in [5.41, 5.74) is -0.315. The number of rotatable bonds is 5. The Hall–Kier alpha value is -0.0400. The molecule has 0 aromatic rings. The molecular weight excluding hydrogens is 148 g/mol. The van der Waals surface area contributed by atoms with Crippen molar-refractivity contribution in [1.29, 1.82) is 0 Å². The van der Waals surface area contributed by atoms with Crippen LogP contribution in [0, 0.1) is 11.8 Å². The molecule has 0 spiro atoms. The van der Waals surface area contributed by atoms with Crippen LogP contribution in [-0.2, 0) is 0 Å². The topological polar surface area (TPSA) is 20.2 Å². The summed E-state index contributed by atoms with van der Waals surface area (Å²) in [7, 11) is 0. The first-order valence-corrected chi connectivity index (χ1v) is 5.31. The molecular formula is C11H22O. The molecule has 0 aromatic heterocycles. The molecule has 1 N–H and O–H groups in total. The van der Waals surface area contributed by atoms with Gasteiger partial charge in [0.25, 0.3) is 0 Å². The highest BCUT2D eigenvalue weighted by Gasteiger charge is 2.41. The number of hydrogen-bond donors (Lipinski definition) is 1. The molecule has 1 nitrogen and oxygen atoms in total. The van der Waals surface area contributed by atoms with Crippen molar-refractivity contribution in [3.63, 3.8) is 0 Å². The summed E-state index contributed by atoms with van der Waals surface area (Å²) in [6.45, 7) is 6.56. The van der Waals surface area contributed by atoms with Crippen molar-refractivity contribution in [2.45, 2.75) is 58.5 Å². The van der Waals surface area contributed by atoms with E-state index < -0.39 is 0 Å². The van der Waals surface area contributed by atoms with Crippen LogP contribution in [0.4, 0.5) is 0 Å².